The van der Waals surface area contributed by atoms with Crippen molar-refractivity contribution in [1.82, 2.24) is 24.4 Å². The van der Waals surface area contributed by atoms with E-state index in [4.69, 9.17) is 0 Å². The number of nitrogens with zero attached hydrogens (tertiary/aromatic N) is 5. The lowest BCUT2D eigenvalue weighted by Crippen LogP contribution is -2.11. The van der Waals surface area contributed by atoms with E-state index in [0.717, 1.165) is 16.1 Å². The molecule has 1 aromatic carbocycles. The van der Waals surface area contributed by atoms with Crippen LogP contribution in [0, 0.1) is 5.82 Å². The molecule has 0 saturated carbocycles. The lowest BCUT2D eigenvalue weighted by Gasteiger charge is -2.03. The first-order valence-electron chi connectivity index (χ1n) is 9.12. The van der Waals surface area contributed by atoms with Crippen LogP contribution in [-0.2, 0) is 6.54 Å². The number of hydrogen-bond acceptors (Lipinski definition) is 5. The predicted octanol–water partition coefficient (Wildman–Crippen LogP) is 4.09. The molecule has 148 valence electrons. The van der Waals surface area contributed by atoms with Crippen molar-refractivity contribution in [3.8, 4) is 10.6 Å². The number of anilines is 1. The summed E-state index contributed by atoms with van der Waals surface area (Å²) in [7, 11) is 0. The molecule has 0 bridgehead atoms. The van der Waals surface area contributed by atoms with E-state index >= 15 is 0 Å². The molecule has 0 saturated heterocycles. The molecular formula is C21H15FN6OS. The first kappa shape index (κ1) is 18.2. The summed E-state index contributed by atoms with van der Waals surface area (Å²) in [4.78, 5) is 18.2. The van der Waals surface area contributed by atoms with E-state index in [1.807, 2.05) is 23.6 Å². The van der Waals surface area contributed by atoms with Gasteiger partial charge in [-0.2, -0.15) is 10.2 Å². The fraction of sp³-hybridized carbons (Fsp3) is 0.0476. The number of benzene rings is 1. The van der Waals surface area contributed by atoms with Gasteiger partial charge in [0.2, 0.25) is 0 Å². The highest BCUT2D eigenvalue weighted by molar-refractivity contribution is 7.13. The molecule has 0 aliphatic carbocycles. The summed E-state index contributed by atoms with van der Waals surface area (Å²) in [6.45, 7) is 0.471. The number of thiophene rings is 1. The van der Waals surface area contributed by atoms with Crippen molar-refractivity contribution < 1.29 is 9.18 Å². The van der Waals surface area contributed by atoms with Gasteiger partial charge >= 0.3 is 0 Å². The summed E-state index contributed by atoms with van der Waals surface area (Å²) in [5.41, 5.74) is 3.19. The number of aromatic nitrogens is 5. The number of hydrogen-bond donors (Lipinski definition) is 1. The molecule has 0 aliphatic heterocycles. The molecule has 9 heteroatoms. The number of halogens is 1. The normalized spacial score (nSPS) is 11.1. The van der Waals surface area contributed by atoms with Gasteiger partial charge in [-0.25, -0.2) is 13.9 Å². The van der Waals surface area contributed by atoms with Crippen LogP contribution in [0.2, 0.25) is 0 Å². The second-order valence-electron chi connectivity index (χ2n) is 6.61. The summed E-state index contributed by atoms with van der Waals surface area (Å²) in [6.07, 6.45) is 6.47. The SMILES string of the molecule is O=C(Nc1cnn(Cc2ccc(F)cc2)c1)c1cnn2c(-c3cccs3)ccnc12. The minimum atomic E-state index is -0.317. The quantitative estimate of drug-likeness (QED) is 0.466. The molecule has 4 heterocycles. The predicted molar refractivity (Wildman–Crippen MR) is 112 cm³/mol. The summed E-state index contributed by atoms with van der Waals surface area (Å²) in [5, 5.41) is 13.4. The van der Waals surface area contributed by atoms with Crippen molar-refractivity contribution in [3.63, 3.8) is 0 Å². The van der Waals surface area contributed by atoms with Gasteiger partial charge in [-0.3, -0.25) is 9.48 Å². The Labute approximate surface area is 174 Å². The standard InChI is InChI=1S/C21H15FN6OS/c22-15-5-3-14(4-6-15)12-27-13-16(10-24-27)26-21(29)17-11-25-28-18(7-8-23-20(17)28)19-2-1-9-30-19/h1-11,13H,12H2,(H,26,29). The lowest BCUT2D eigenvalue weighted by atomic mass is 10.2. The Morgan fingerprint density at radius 1 is 1.10 bits per heavy atom. The number of carbonyl (C=O) groups is 1. The Morgan fingerprint density at radius 3 is 2.77 bits per heavy atom. The molecule has 4 aromatic heterocycles. The van der Waals surface area contributed by atoms with Gasteiger partial charge in [-0.15, -0.1) is 11.3 Å². The van der Waals surface area contributed by atoms with Crippen LogP contribution in [0.5, 0.6) is 0 Å². The Bertz CT molecular complexity index is 1320. The maximum atomic E-state index is 13.0. The lowest BCUT2D eigenvalue weighted by molar-refractivity contribution is 0.102. The number of carbonyl (C=O) groups excluding carboxylic acids is 1. The van der Waals surface area contributed by atoms with Crippen LogP contribution in [0.25, 0.3) is 16.2 Å². The maximum absolute atomic E-state index is 13.0. The van der Waals surface area contributed by atoms with E-state index in [1.165, 1.54) is 18.3 Å². The van der Waals surface area contributed by atoms with Gasteiger partial charge in [-0.05, 0) is 35.2 Å². The molecule has 0 spiro atoms. The highest BCUT2D eigenvalue weighted by atomic mass is 32.1. The third kappa shape index (κ3) is 3.46. The van der Waals surface area contributed by atoms with Crippen LogP contribution in [0.1, 0.15) is 15.9 Å². The summed E-state index contributed by atoms with van der Waals surface area (Å²) in [6, 6.07) is 12.0. The van der Waals surface area contributed by atoms with E-state index in [1.54, 1.807) is 51.3 Å². The zero-order valence-electron chi connectivity index (χ0n) is 15.6. The minimum Gasteiger partial charge on any atom is -0.319 e. The Hall–Kier alpha value is -3.85. The fourth-order valence-electron chi connectivity index (χ4n) is 3.15. The van der Waals surface area contributed by atoms with Crippen molar-refractivity contribution in [2.24, 2.45) is 0 Å². The molecule has 7 nitrogen and oxygen atoms in total. The van der Waals surface area contributed by atoms with Crippen LogP contribution in [0.3, 0.4) is 0 Å². The van der Waals surface area contributed by atoms with Crippen LogP contribution in [-0.4, -0.2) is 30.3 Å². The molecule has 1 N–H and O–H groups in total. The second-order valence-corrected chi connectivity index (χ2v) is 7.56. The van der Waals surface area contributed by atoms with E-state index in [0.29, 0.717) is 23.4 Å². The topological polar surface area (TPSA) is 77.1 Å². The smallest absolute Gasteiger partial charge is 0.261 e. The zero-order valence-corrected chi connectivity index (χ0v) is 16.4. The largest absolute Gasteiger partial charge is 0.319 e. The van der Waals surface area contributed by atoms with Crippen LogP contribution in [0.15, 0.2) is 72.6 Å². The Kier molecular flexibility index (Phi) is 4.56. The minimum absolute atomic E-state index is 0.281. The monoisotopic (exact) mass is 418 g/mol. The first-order chi connectivity index (χ1) is 14.7. The average molecular weight is 418 g/mol. The summed E-state index contributed by atoms with van der Waals surface area (Å²) < 4.78 is 16.4. The number of amides is 1. The van der Waals surface area contributed by atoms with Gasteiger partial charge < -0.3 is 5.32 Å². The van der Waals surface area contributed by atoms with E-state index in [2.05, 4.69) is 20.5 Å². The van der Waals surface area contributed by atoms with E-state index in [9.17, 15) is 9.18 Å². The molecular weight excluding hydrogens is 403 g/mol. The number of rotatable bonds is 5. The van der Waals surface area contributed by atoms with E-state index in [-0.39, 0.29) is 11.7 Å². The van der Waals surface area contributed by atoms with Crippen molar-refractivity contribution in [2.45, 2.75) is 6.54 Å². The molecule has 30 heavy (non-hydrogen) atoms. The van der Waals surface area contributed by atoms with Crippen molar-refractivity contribution in [2.75, 3.05) is 5.32 Å². The van der Waals surface area contributed by atoms with Crippen LogP contribution < -0.4 is 5.32 Å². The van der Waals surface area contributed by atoms with Crippen LogP contribution >= 0.6 is 11.3 Å². The van der Waals surface area contributed by atoms with Crippen molar-refractivity contribution in [3.05, 3.63) is 89.6 Å². The molecule has 0 radical (unpaired) electrons. The molecule has 5 aromatic rings. The fourth-order valence-corrected chi connectivity index (χ4v) is 3.89. The number of fused-ring (bicyclic) bond motifs is 1. The van der Waals surface area contributed by atoms with Crippen molar-refractivity contribution >= 4 is 28.6 Å². The third-order valence-electron chi connectivity index (χ3n) is 4.57. The third-order valence-corrected chi connectivity index (χ3v) is 5.46. The molecule has 1 amide bonds. The molecule has 0 unspecified atom stereocenters. The first-order valence-corrected chi connectivity index (χ1v) is 10.0. The summed E-state index contributed by atoms with van der Waals surface area (Å²) in [5.74, 6) is -0.599. The highest BCUT2D eigenvalue weighted by Crippen LogP contribution is 2.25. The number of nitrogens with one attached hydrogen (secondary N) is 1. The summed E-state index contributed by atoms with van der Waals surface area (Å²) >= 11 is 1.59. The van der Waals surface area contributed by atoms with Gasteiger partial charge in [0.05, 0.1) is 35.2 Å². The highest BCUT2D eigenvalue weighted by Gasteiger charge is 2.17. The average Bonchev–Trinajstić information content (AvgIpc) is 3.50. The molecule has 0 atom stereocenters. The van der Waals surface area contributed by atoms with Gasteiger partial charge in [0.15, 0.2) is 5.65 Å². The van der Waals surface area contributed by atoms with E-state index < -0.39 is 0 Å². The van der Waals surface area contributed by atoms with Gasteiger partial charge in [0.1, 0.15) is 11.4 Å². The van der Waals surface area contributed by atoms with Gasteiger partial charge in [0, 0.05) is 12.4 Å². The Morgan fingerprint density at radius 2 is 1.97 bits per heavy atom. The maximum Gasteiger partial charge on any atom is 0.261 e. The van der Waals surface area contributed by atoms with Crippen LogP contribution in [0.4, 0.5) is 10.1 Å². The van der Waals surface area contributed by atoms with Crippen molar-refractivity contribution in [1.29, 1.82) is 0 Å². The van der Waals surface area contributed by atoms with Gasteiger partial charge in [0.25, 0.3) is 5.91 Å². The Balaban J connectivity index is 1.36. The zero-order chi connectivity index (χ0) is 20.5. The molecule has 0 fully saturated rings. The second kappa shape index (κ2) is 7.53. The molecule has 0 aliphatic rings. The van der Waals surface area contributed by atoms with Gasteiger partial charge in [-0.1, -0.05) is 18.2 Å². The molecule has 5 rings (SSSR count).